The summed E-state index contributed by atoms with van der Waals surface area (Å²) in [6, 6.07) is 11.2. The lowest BCUT2D eigenvalue weighted by Crippen LogP contribution is -2.20. The lowest BCUT2D eigenvalue weighted by molar-refractivity contribution is -0.147. The predicted octanol–water partition coefficient (Wildman–Crippen LogP) is 4.96. The maximum Gasteiger partial charge on any atom is 0.344 e. The minimum Gasteiger partial charge on any atom is -0.474 e. The summed E-state index contributed by atoms with van der Waals surface area (Å²) >= 11 is 0. The van der Waals surface area contributed by atoms with Crippen molar-refractivity contribution in [3.63, 3.8) is 0 Å². The second-order valence-corrected chi connectivity index (χ2v) is 7.75. The third-order valence-corrected chi connectivity index (χ3v) is 4.69. The summed E-state index contributed by atoms with van der Waals surface area (Å²) in [5, 5.41) is 0.425. The third-order valence-electron chi connectivity index (χ3n) is 4.69. The van der Waals surface area contributed by atoms with E-state index in [0.717, 1.165) is 16.7 Å². The molecular formula is C24H26O5. The molecule has 0 fully saturated rings. The maximum atomic E-state index is 13.2. The van der Waals surface area contributed by atoms with Crippen molar-refractivity contribution < 1.29 is 18.7 Å². The van der Waals surface area contributed by atoms with Gasteiger partial charge in [0.1, 0.15) is 5.58 Å². The van der Waals surface area contributed by atoms with Crippen LogP contribution in [0.25, 0.3) is 22.3 Å². The predicted molar refractivity (Wildman–Crippen MR) is 113 cm³/mol. The molecule has 0 spiro atoms. The fourth-order valence-corrected chi connectivity index (χ4v) is 2.89. The van der Waals surface area contributed by atoms with Crippen LogP contribution in [-0.2, 0) is 9.53 Å². The normalized spacial score (nSPS) is 11.1. The zero-order chi connectivity index (χ0) is 21.1. The van der Waals surface area contributed by atoms with E-state index in [0.29, 0.717) is 28.9 Å². The molecule has 3 aromatic rings. The highest BCUT2D eigenvalue weighted by Crippen LogP contribution is 2.32. The molecule has 5 nitrogen and oxygen atoms in total. The van der Waals surface area contributed by atoms with Crippen molar-refractivity contribution in [3.05, 3.63) is 63.3 Å². The molecule has 3 rings (SSSR count). The molecule has 0 atom stereocenters. The van der Waals surface area contributed by atoms with Crippen molar-refractivity contribution in [3.8, 4) is 17.1 Å². The van der Waals surface area contributed by atoms with Crippen LogP contribution in [-0.4, -0.2) is 19.2 Å². The quantitative estimate of drug-likeness (QED) is 0.553. The molecule has 29 heavy (non-hydrogen) atoms. The first-order valence-corrected chi connectivity index (χ1v) is 9.69. The molecule has 2 aromatic carbocycles. The Morgan fingerprint density at radius 2 is 1.69 bits per heavy atom. The van der Waals surface area contributed by atoms with Crippen molar-refractivity contribution in [2.24, 2.45) is 5.92 Å². The molecule has 1 aromatic heterocycles. The van der Waals surface area contributed by atoms with Gasteiger partial charge in [-0.3, -0.25) is 4.79 Å². The lowest BCUT2D eigenvalue weighted by atomic mass is 10.0. The van der Waals surface area contributed by atoms with Gasteiger partial charge >= 0.3 is 5.97 Å². The standard InChI is InChI=1S/C24H26O5/c1-14(2)12-27-21(25)13-28-24-22(26)19-10-16(4)17(5)11-20(19)29-23(24)18-8-6-15(3)7-9-18/h6-11,14H,12-13H2,1-5H3. The fraction of sp³-hybridized carbons (Fsp3) is 0.333. The Morgan fingerprint density at radius 1 is 1.03 bits per heavy atom. The van der Waals surface area contributed by atoms with Gasteiger partial charge in [0.05, 0.1) is 12.0 Å². The number of hydrogen-bond acceptors (Lipinski definition) is 5. The van der Waals surface area contributed by atoms with E-state index >= 15 is 0 Å². The van der Waals surface area contributed by atoms with Gasteiger partial charge in [0.2, 0.25) is 11.2 Å². The van der Waals surface area contributed by atoms with Crippen LogP contribution in [0.5, 0.6) is 5.75 Å². The Hall–Kier alpha value is -3.08. The number of carbonyl (C=O) groups excluding carboxylic acids is 1. The zero-order valence-corrected chi connectivity index (χ0v) is 17.5. The van der Waals surface area contributed by atoms with Crippen LogP contribution in [0.1, 0.15) is 30.5 Å². The van der Waals surface area contributed by atoms with E-state index in [-0.39, 0.29) is 23.7 Å². The minimum absolute atomic E-state index is 0.0195. The SMILES string of the molecule is Cc1ccc(-c2oc3cc(C)c(C)cc3c(=O)c2OCC(=O)OCC(C)C)cc1. The minimum atomic E-state index is -0.520. The molecule has 0 saturated heterocycles. The molecule has 0 amide bonds. The highest BCUT2D eigenvalue weighted by atomic mass is 16.6. The number of carbonyl (C=O) groups is 1. The molecule has 0 unspecified atom stereocenters. The summed E-state index contributed by atoms with van der Waals surface area (Å²) < 4.78 is 16.9. The van der Waals surface area contributed by atoms with Gasteiger partial charge in [-0.15, -0.1) is 0 Å². The molecule has 0 bridgehead atoms. The van der Waals surface area contributed by atoms with Gasteiger partial charge in [-0.1, -0.05) is 43.7 Å². The molecule has 152 valence electrons. The lowest BCUT2D eigenvalue weighted by Gasteiger charge is -2.13. The number of hydrogen-bond donors (Lipinski definition) is 0. The largest absolute Gasteiger partial charge is 0.474 e. The smallest absolute Gasteiger partial charge is 0.344 e. The second-order valence-electron chi connectivity index (χ2n) is 7.75. The van der Waals surface area contributed by atoms with Crippen LogP contribution in [0.2, 0.25) is 0 Å². The van der Waals surface area contributed by atoms with Gasteiger partial charge in [-0.05, 0) is 49.9 Å². The first-order chi connectivity index (χ1) is 13.8. The molecule has 0 N–H and O–H groups in total. The topological polar surface area (TPSA) is 65.7 Å². The summed E-state index contributed by atoms with van der Waals surface area (Å²) in [5.74, 6) is 0.0284. The van der Waals surface area contributed by atoms with Crippen molar-refractivity contribution in [2.45, 2.75) is 34.6 Å². The summed E-state index contributed by atoms with van der Waals surface area (Å²) in [7, 11) is 0. The highest BCUT2D eigenvalue weighted by molar-refractivity contribution is 5.83. The van der Waals surface area contributed by atoms with Crippen molar-refractivity contribution in [2.75, 3.05) is 13.2 Å². The Balaban J connectivity index is 2.07. The van der Waals surface area contributed by atoms with Crippen LogP contribution in [0.4, 0.5) is 0 Å². The number of esters is 1. The maximum absolute atomic E-state index is 13.2. The van der Waals surface area contributed by atoms with Gasteiger partial charge in [0.15, 0.2) is 12.4 Å². The molecule has 5 heteroatoms. The van der Waals surface area contributed by atoms with E-state index in [1.54, 1.807) is 6.07 Å². The second kappa shape index (κ2) is 8.52. The molecule has 0 radical (unpaired) electrons. The number of rotatable bonds is 6. The van der Waals surface area contributed by atoms with Crippen LogP contribution in [0.15, 0.2) is 45.6 Å². The van der Waals surface area contributed by atoms with E-state index in [1.165, 1.54) is 0 Å². The van der Waals surface area contributed by atoms with Crippen LogP contribution < -0.4 is 10.2 Å². The number of benzene rings is 2. The zero-order valence-electron chi connectivity index (χ0n) is 17.5. The monoisotopic (exact) mass is 394 g/mol. The van der Waals surface area contributed by atoms with Gasteiger partial charge in [-0.2, -0.15) is 0 Å². The number of fused-ring (bicyclic) bond motifs is 1. The molecule has 0 aliphatic heterocycles. The van der Waals surface area contributed by atoms with Crippen molar-refractivity contribution >= 4 is 16.9 Å². The summed E-state index contributed by atoms with van der Waals surface area (Å²) in [6.07, 6.45) is 0. The van der Waals surface area contributed by atoms with Gasteiger partial charge in [0.25, 0.3) is 0 Å². The molecule has 0 saturated carbocycles. The number of ether oxygens (including phenoxy) is 2. The first-order valence-electron chi connectivity index (χ1n) is 9.69. The average molecular weight is 394 g/mol. The average Bonchev–Trinajstić information content (AvgIpc) is 2.68. The molecule has 0 aliphatic rings. The van der Waals surface area contributed by atoms with E-state index in [2.05, 4.69) is 0 Å². The molecular weight excluding hydrogens is 368 g/mol. The Kier molecular flexibility index (Phi) is 6.06. The van der Waals surface area contributed by atoms with Crippen molar-refractivity contribution in [1.29, 1.82) is 0 Å². The Bertz CT molecular complexity index is 1090. The van der Waals surface area contributed by atoms with Gasteiger partial charge < -0.3 is 13.9 Å². The van der Waals surface area contributed by atoms with E-state index < -0.39 is 5.97 Å². The Labute approximate surface area is 170 Å². The van der Waals surface area contributed by atoms with E-state index in [4.69, 9.17) is 13.9 Å². The van der Waals surface area contributed by atoms with Gasteiger partial charge in [-0.25, -0.2) is 4.79 Å². The molecule has 0 aliphatic carbocycles. The van der Waals surface area contributed by atoms with Crippen LogP contribution in [0.3, 0.4) is 0 Å². The highest BCUT2D eigenvalue weighted by Gasteiger charge is 2.20. The van der Waals surface area contributed by atoms with Gasteiger partial charge in [0, 0.05) is 5.56 Å². The summed E-state index contributed by atoms with van der Waals surface area (Å²) in [5.41, 5.74) is 3.99. The third kappa shape index (κ3) is 4.67. The van der Waals surface area contributed by atoms with Crippen LogP contribution in [0, 0.1) is 26.7 Å². The Morgan fingerprint density at radius 3 is 2.34 bits per heavy atom. The summed E-state index contributed by atoms with van der Waals surface area (Å²) in [4.78, 5) is 25.2. The van der Waals surface area contributed by atoms with Crippen molar-refractivity contribution in [1.82, 2.24) is 0 Å². The van der Waals surface area contributed by atoms with E-state index in [9.17, 15) is 9.59 Å². The van der Waals surface area contributed by atoms with Crippen LogP contribution >= 0.6 is 0 Å². The molecule has 1 heterocycles. The number of aryl methyl sites for hydroxylation is 3. The first kappa shape index (κ1) is 20.6. The van der Waals surface area contributed by atoms with E-state index in [1.807, 2.05) is 65.0 Å². The summed E-state index contributed by atoms with van der Waals surface area (Å²) in [6.45, 7) is 9.73. The fourth-order valence-electron chi connectivity index (χ4n) is 2.89.